The van der Waals surface area contributed by atoms with Crippen molar-refractivity contribution in [3.05, 3.63) is 64.3 Å². The molecule has 154 valence electrons. The molecule has 2 aromatic carbocycles. The monoisotopic (exact) mass is 485 g/mol. The van der Waals surface area contributed by atoms with Crippen LogP contribution in [0.5, 0.6) is 11.5 Å². The molecule has 0 aliphatic carbocycles. The first-order valence-electron chi connectivity index (χ1n) is 9.21. The van der Waals surface area contributed by atoms with Crippen molar-refractivity contribution in [3.8, 4) is 11.5 Å². The lowest BCUT2D eigenvalue weighted by atomic mass is 10.1. The van der Waals surface area contributed by atoms with E-state index in [1.54, 1.807) is 20.5 Å². The number of nitrogens with zero attached hydrogens (tertiary/aromatic N) is 3. The minimum absolute atomic E-state index is 0.168. The number of aromatic amines is 1. The number of ether oxygens (including phenoxy) is 2. The molecule has 0 unspecified atom stereocenters. The lowest BCUT2D eigenvalue weighted by molar-refractivity contribution is 0.394. The molecule has 0 saturated carbocycles. The highest BCUT2D eigenvalue weighted by atomic mass is 79.9. The molecule has 9 heteroatoms. The van der Waals surface area contributed by atoms with Crippen LogP contribution >= 0.6 is 27.7 Å². The zero-order valence-corrected chi connectivity index (χ0v) is 18.9. The number of benzene rings is 2. The number of fused-ring (bicyclic) bond motifs is 1. The van der Waals surface area contributed by atoms with Gasteiger partial charge in [-0.05, 0) is 54.1 Å². The average molecular weight is 486 g/mol. The van der Waals surface area contributed by atoms with Crippen LogP contribution in [0.1, 0.15) is 5.56 Å². The summed E-state index contributed by atoms with van der Waals surface area (Å²) in [5, 5.41) is 8.82. The smallest absolute Gasteiger partial charge is 0.173 e. The average Bonchev–Trinajstić information content (AvgIpc) is 3.19. The van der Waals surface area contributed by atoms with Crippen molar-refractivity contribution >= 4 is 38.9 Å². The van der Waals surface area contributed by atoms with Gasteiger partial charge in [0.05, 0.1) is 25.4 Å². The molecule has 30 heavy (non-hydrogen) atoms. The van der Waals surface area contributed by atoms with Crippen LogP contribution in [0.3, 0.4) is 0 Å². The highest BCUT2D eigenvalue weighted by Gasteiger charge is 2.13. The SMILES string of the molecule is COc1ccc(OC)c(Sc2nc3c([nH]2)c(=N)ncn3CCc2ccc(Br)cc2)c1. The van der Waals surface area contributed by atoms with E-state index in [2.05, 4.69) is 38.0 Å². The van der Waals surface area contributed by atoms with E-state index in [9.17, 15) is 0 Å². The number of hydrogen-bond acceptors (Lipinski definition) is 6. The molecule has 0 aliphatic heterocycles. The van der Waals surface area contributed by atoms with Gasteiger partial charge in [0.2, 0.25) is 0 Å². The molecule has 0 atom stereocenters. The maximum atomic E-state index is 8.16. The summed E-state index contributed by atoms with van der Waals surface area (Å²) < 4.78 is 13.8. The number of imidazole rings is 1. The third-order valence-corrected chi connectivity index (χ3v) is 6.08. The van der Waals surface area contributed by atoms with Gasteiger partial charge in [0.1, 0.15) is 17.0 Å². The van der Waals surface area contributed by atoms with Crippen LogP contribution in [0, 0.1) is 5.41 Å². The number of hydrogen-bond donors (Lipinski definition) is 2. The standard InChI is InChI=1S/C21H20BrN5O2S/c1-28-15-7-8-16(29-2)17(11-15)30-21-25-18-19(23)24-12-27(20(18)26-21)10-9-13-3-5-14(22)6-4-13/h3-8,11-12,23H,9-10H2,1-2H3,(H,25,26). The zero-order valence-electron chi connectivity index (χ0n) is 16.5. The summed E-state index contributed by atoms with van der Waals surface area (Å²) in [6, 6.07) is 13.9. The van der Waals surface area contributed by atoms with Crippen molar-refractivity contribution in [1.29, 1.82) is 5.41 Å². The van der Waals surface area contributed by atoms with Gasteiger partial charge in [-0.3, -0.25) is 5.41 Å². The van der Waals surface area contributed by atoms with Crippen molar-refractivity contribution in [3.63, 3.8) is 0 Å². The molecular weight excluding hydrogens is 466 g/mol. The first-order chi connectivity index (χ1) is 14.6. The molecule has 0 amide bonds. The van der Waals surface area contributed by atoms with Crippen molar-refractivity contribution in [2.24, 2.45) is 0 Å². The molecule has 0 radical (unpaired) electrons. The lowest BCUT2D eigenvalue weighted by Gasteiger charge is -2.08. The summed E-state index contributed by atoms with van der Waals surface area (Å²) in [5.74, 6) is 1.47. The van der Waals surface area contributed by atoms with Crippen LogP contribution < -0.4 is 15.0 Å². The molecule has 0 spiro atoms. The first kappa shape index (κ1) is 20.5. The van der Waals surface area contributed by atoms with Crippen LogP contribution in [-0.2, 0) is 13.0 Å². The van der Waals surface area contributed by atoms with E-state index < -0.39 is 0 Å². The van der Waals surface area contributed by atoms with Gasteiger partial charge in [-0.1, -0.05) is 28.1 Å². The second-order valence-electron chi connectivity index (χ2n) is 6.52. The number of rotatable bonds is 7. The van der Waals surface area contributed by atoms with E-state index in [1.807, 2.05) is 34.9 Å². The number of aromatic nitrogens is 4. The van der Waals surface area contributed by atoms with Gasteiger partial charge in [-0.15, -0.1) is 0 Å². The predicted octanol–water partition coefficient (Wildman–Crippen LogP) is 4.41. The molecule has 7 nitrogen and oxygen atoms in total. The summed E-state index contributed by atoms with van der Waals surface area (Å²) in [6.45, 7) is 0.711. The Bertz CT molecular complexity index is 1240. The molecule has 2 aromatic heterocycles. The zero-order chi connectivity index (χ0) is 21.1. The topological polar surface area (TPSA) is 88.8 Å². The summed E-state index contributed by atoms with van der Waals surface area (Å²) in [4.78, 5) is 13.0. The Morgan fingerprint density at radius 2 is 1.93 bits per heavy atom. The van der Waals surface area contributed by atoms with Crippen LogP contribution in [0.4, 0.5) is 0 Å². The number of halogens is 1. The molecular formula is C21H20BrN5O2S. The first-order valence-corrected chi connectivity index (χ1v) is 10.8. The van der Waals surface area contributed by atoms with Gasteiger partial charge in [0.15, 0.2) is 16.3 Å². The minimum atomic E-state index is 0.168. The molecule has 0 saturated heterocycles. The molecule has 2 heterocycles. The van der Waals surface area contributed by atoms with E-state index in [-0.39, 0.29) is 5.49 Å². The third-order valence-electron chi connectivity index (χ3n) is 4.63. The van der Waals surface area contributed by atoms with Crippen molar-refractivity contribution < 1.29 is 9.47 Å². The van der Waals surface area contributed by atoms with Gasteiger partial charge in [0, 0.05) is 11.0 Å². The maximum Gasteiger partial charge on any atom is 0.173 e. The maximum absolute atomic E-state index is 8.16. The largest absolute Gasteiger partial charge is 0.497 e. The Balaban J connectivity index is 1.64. The van der Waals surface area contributed by atoms with Crippen molar-refractivity contribution in [2.75, 3.05) is 14.2 Å². The quantitative estimate of drug-likeness (QED) is 0.404. The molecule has 0 aliphatic rings. The fraction of sp³-hybridized carbons (Fsp3) is 0.190. The van der Waals surface area contributed by atoms with Crippen LogP contribution in [0.2, 0.25) is 0 Å². The highest BCUT2D eigenvalue weighted by molar-refractivity contribution is 9.10. The van der Waals surface area contributed by atoms with Gasteiger partial charge < -0.3 is 19.0 Å². The van der Waals surface area contributed by atoms with E-state index in [1.165, 1.54) is 17.3 Å². The predicted molar refractivity (Wildman–Crippen MR) is 119 cm³/mol. The van der Waals surface area contributed by atoms with Crippen LogP contribution in [-0.4, -0.2) is 33.7 Å². The van der Waals surface area contributed by atoms with E-state index in [4.69, 9.17) is 19.9 Å². The number of H-pyrrole nitrogens is 1. The molecule has 0 bridgehead atoms. The number of methoxy groups -OCH3 is 2. The Hall–Kier alpha value is -2.78. The fourth-order valence-electron chi connectivity index (χ4n) is 3.04. The Labute approximate surface area is 186 Å². The summed E-state index contributed by atoms with van der Waals surface area (Å²) in [5.41, 5.74) is 2.70. The van der Waals surface area contributed by atoms with Crippen molar-refractivity contribution in [2.45, 2.75) is 23.0 Å². The number of nitrogens with one attached hydrogen (secondary N) is 2. The van der Waals surface area contributed by atoms with Gasteiger partial charge in [0.25, 0.3) is 0 Å². The third kappa shape index (κ3) is 4.36. The van der Waals surface area contributed by atoms with Gasteiger partial charge >= 0.3 is 0 Å². The molecule has 4 rings (SSSR count). The Morgan fingerprint density at radius 1 is 1.13 bits per heavy atom. The van der Waals surface area contributed by atoms with Crippen molar-refractivity contribution in [1.82, 2.24) is 19.5 Å². The normalized spacial score (nSPS) is 11.0. The van der Waals surface area contributed by atoms with E-state index in [0.29, 0.717) is 22.9 Å². The molecule has 0 fully saturated rings. The van der Waals surface area contributed by atoms with Crippen LogP contribution in [0.25, 0.3) is 11.2 Å². The van der Waals surface area contributed by atoms with Gasteiger partial charge in [-0.25, -0.2) is 9.97 Å². The van der Waals surface area contributed by atoms with Crippen LogP contribution in [0.15, 0.2) is 63.3 Å². The molecule has 4 aromatic rings. The Morgan fingerprint density at radius 3 is 2.67 bits per heavy atom. The molecule has 2 N–H and O–H groups in total. The minimum Gasteiger partial charge on any atom is -0.497 e. The summed E-state index contributed by atoms with van der Waals surface area (Å²) in [7, 11) is 3.26. The second kappa shape index (κ2) is 8.93. The number of aryl methyl sites for hydroxylation is 2. The lowest BCUT2D eigenvalue weighted by Crippen LogP contribution is -2.13. The van der Waals surface area contributed by atoms with E-state index >= 15 is 0 Å². The summed E-state index contributed by atoms with van der Waals surface area (Å²) >= 11 is 4.89. The highest BCUT2D eigenvalue weighted by Crippen LogP contribution is 2.36. The Kier molecular flexibility index (Phi) is 6.10. The second-order valence-corrected chi connectivity index (χ2v) is 8.47. The summed E-state index contributed by atoms with van der Waals surface area (Å²) in [6.07, 6.45) is 2.51. The van der Waals surface area contributed by atoms with E-state index in [0.717, 1.165) is 27.3 Å². The fourth-order valence-corrected chi connectivity index (χ4v) is 4.23. The van der Waals surface area contributed by atoms with Gasteiger partial charge in [-0.2, -0.15) is 0 Å².